The van der Waals surface area contributed by atoms with Crippen LogP contribution in [0, 0.1) is 0 Å². The number of furan rings is 1. The highest BCUT2D eigenvalue weighted by atomic mass is 32.1. The van der Waals surface area contributed by atoms with E-state index in [0.717, 1.165) is 21.6 Å². The van der Waals surface area contributed by atoms with Gasteiger partial charge in [0, 0.05) is 22.4 Å². The molecule has 4 rings (SSSR count). The zero-order chi connectivity index (χ0) is 25.7. The molecule has 4 aromatic rings. The van der Waals surface area contributed by atoms with Crippen LogP contribution in [0.1, 0.15) is 41.9 Å². The number of carbonyl (C=O) groups is 1. The van der Waals surface area contributed by atoms with Crippen molar-refractivity contribution < 1.29 is 32.2 Å². The minimum Gasteiger partial charge on any atom is -0.493 e. The fourth-order valence-electron chi connectivity index (χ4n) is 3.58. The summed E-state index contributed by atoms with van der Waals surface area (Å²) < 4.78 is 51.8. The van der Waals surface area contributed by atoms with Crippen LogP contribution in [-0.2, 0) is 17.4 Å². The molecule has 0 aliphatic carbocycles. The average Bonchev–Trinajstić information content (AvgIpc) is 3.59. The van der Waals surface area contributed by atoms with Gasteiger partial charge in [0.25, 0.3) is 0 Å². The summed E-state index contributed by atoms with van der Waals surface area (Å²) in [6, 6.07) is 11.0. The Bertz CT molecular complexity index is 1300. The first-order valence-corrected chi connectivity index (χ1v) is 12.9. The lowest BCUT2D eigenvalue weighted by atomic mass is 10.1. The summed E-state index contributed by atoms with van der Waals surface area (Å²) in [7, 11) is 0. The minimum atomic E-state index is -4.59. The molecule has 2 N–H and O–H groups in total. The highest BCUT2D eigenvalue weighted by Crippen LogP contribution is 2.39. The Morgan fingerprint density at radius 3 is 2.78 bits per heavy atom. The summed E-state index contributed by atoms with van der Waals surface area (Å²) in [6.45, 7) is 1.94. The van der Waals surface area contributed by atoms with E-state index in [0.29, 0.717) is 30.1 Å². The maximum Gasteiger partial charge on any atom is 0.420 e. The third-order valence-electron chi connectivity index (χ3n) is 5.37. The molecule has 1 atom stereocenters. The molecule has 3 aromatic heterocycles. The van der Waals surface area contributed by atoms with Crippen molar-refractivity contribution in [2.24, 2.45) is 0 Å². The third kappa shape index (κ3) is 6.27. The normalized spacial score (nSPS) is 12.4. The lowest BCUT2D eigenvalue weighted by molar-refractivity contribution is -0.139. The van der Waals surface area contributed by atoms with Crippen molar-refractivity contribution in [3.8, 4) is 16.3 Å². The maximum absolute atomic E-state index is 13.7. The molecule has 0 saturated heterocycles. The fourth-order valence-corrected chi connectivity index (χ4v) is 5.53. The van der Waals surface area contributed by atoms with Crippen LogP contribution in [0.5, 0.6) is 5.75 Å². The van der Waals surface area contributed by atoms with Crippen LogP contribution in [0.25, 0.3) is 10.6 Å². The molecule has 0 saturated carbocycles. The van der Waals surface area contributed by atoms with Gasteiger partial charge in [-0.3, -0.25) is 4.79 Å². The zero-order valence-electron chi connectivity index (χ0n) is 19.2. The van der Waals surface area contributed by atoms with Crippen LogP contribution in [0.2, 0.25) is 0 Å². The zero-order valence-corrected chi connectivity index (χ0v) is 20.8. The highest BCUT2D eigenvalue weighted by molar-refractivity contribution is 7.17. The minimum absolute atomic E-state index is 0.121. The largest absolute Gasteiger partial charge is 0.493 e. The molecule has 0 aliphatic rings. The molecule has 0 bridgehead atoms. The SMILES string of the molecule is CCC(C(=O)O)c1ccc(-c2csc(Nc3ccc(OCCCc4ccco4)c(C(F)(F)F)c3)n2)s1. The number of benzene rings is 1. The van der Waals surface area contributed by atoms with Crippen LogP contribution >= 0.6 is 22.7 Å². The van der Waals surface area contributed by atoms with Crippen molar-refractivity contribution in [2.45, 2.75) is 38.3 Å². The first-order valence-electron chi connectivity index (χ1n) is 11.2. The van der Waals surface area contributed by atoms with E-state index in [9.17, 15) is 23.1 Å². The average molecular weight is 537 g/mol. The summed E-state index contributed by atoms with van der Waals surface area (Å²) in [5.41, 5.74) is -0.00837. The summed E-state index contributed by atoms with van der Waals surface area (Å²) in [6.07, 6.45) is -1.47. The smallest absolute Gasteiger partial charge is 0.420 e. The van der Waals surface area contributed by atoms with Crippen LogP contribution < -0.4 is 10.1 Å². The number of alkyl halides is 3. The van der Waals surface area contributed by atoms with E-state index in [1.165, 1.54) is 34.8 Å². The van der Waals surface area contributed by atoms with Gasteiger partial charge in [-0.25, -0.2) is 4.98 Å². The Labute approximate surface area is 213 Å². The van der Waals surface area contributed by atoms with Gasteiger partial charge in [0.15, 0.2) is 5.13 Å². The van der Waals surface area contributed by atoms with Crippen molar-refractivity contribution in [1.82, 2.24) is 4.98 Å². The van der Waals surface area contributed by atoms with E-state index in [4.69, 9.17) is 9.15 Å². The van der Waals surface area contributed by atoms with Gasteiger partial charge in [0.2, 0.25) is 0 Å². The molecule has 6 nitrogen and oxygen atoms in total. The second-order valence-electron chi connectivity index (χ2n) is 7.90. The number of carboxylic acids is 1. The molecule has 0 radical (unpaired) electrons. The second-order valence-corrected chi connectivity index (χ2v) is 9.88. The molecular formula is C25H23F3N2O4S2. The van der Waals surface area contributed by atoms with E-state index >= 15 is 0 Å². The predicted octanol–water partition coefficient (Wildman–Crippen LogP) is 7.82. The Hall–Kier alpha value is -3.31. The number of carboxylic acid groups (broad SMARTS) is 1. The standard InChI is InChI=1S/C25H23F3N2O4S2/c1-2-17(23(31)32)21-9-10-22(36-21)19-14-35-24(30-19)29-15-7-8-20(18(13-15)25(26,27)28)34-12-4-6-16-5-3-11-33-16/h3,5,7-11,13-14,17H,2,4,6,12H2,1H3,(H,29,30)(H,31,32). The summed E-state index contributed by atoms with van der Waals surface area (Å²) in [5, 5.41) is 14.5. The van der Waals surface area contributed by atoms with Gasteiger partial charge in [0.1, 0.15) is 11.5 Å². The molecule has 1 unspecified atom stereocenters. The van der Waals surface area contributed by atoms with Gasteiger partial charge in [-0.05, 0) is 55.3 Å². The van der Waals surface area contributed by atoms with Crippen molar-refractivity contribution in [1.29, 1.82) is 0 Å². The van der Waals surface area contributed by atoms with Gasteiger partial charge < -0.3 is 19.6 Å². The highest BCUT2D eigenvalue weighted by Gasteiger charge is 2.35. The number of anilines is 2. The number of nitrogens with zero attached hydrogens (tertiary/aromatic N) is 1. The lowest BCUT2D eigenvalue weighted by Gasteiger charge is -2.15. The van der Waals surface area contributed by atoms with E-state index in [-0.39, 0.29) is 18.0 Å². The molecule has 11 heteroatoms. The Morgan fingerprint density at radius 1 is 1.25 bits per heavy atom. The molecule has 0 spiro atoms. The first-order chi connectivity index (χ1) is 17.2. The van der Waals surface area contributed by atoms with E-state index in [1.54, 1.807) is 29.8 Å². The lowest BCUT2D eigenvalue weighted by Crippen LogP contribution is -2.10. The number of hydrogen-bond acceptors (Lipinski definition) is 7. The summed E-state index contributed by atoms with van der Waals surface area (Å²) >= 11 is 2.60. The van der Waals surface area contributed by atoms with E-state index in [1.807, 2.05) is 13.0 Å². The number of hydrogen-bond donors (Lipinski definition) is 2. The number of thiazole rings is 1. The second kappa shape index (κ2) is 11.2. The molecule has 0 aliphatic heterocycles. The topological polar surface area (TPSA) is 84.6 Å². The number of thiophene rings is 1. The monoisotopic (exact) mass is 536 g/mol. The van der Waals surface area contributed by atoms with Crippen molar-refractivity contribution >= 4 is 39.5 Å². The van der Waals surface area contributed by atoms with E-state index < -0.39 is 23.6 Å². The maximum atomic E-state index is 13.7. The van der Waals surface area contributed by atoms with Gasteiger partial charge in [-0.2, -0.15) is 13.2 Å². The third-order valence-corrected chi connectivity index (χ3v) is 7.35. The number of aromatic nitrogens is 1. The van der Waals surface area contributed by atoms with Crippen LogP contribution in [0.15, 0.2) is 58.5 Å². The van der Waals surface area contributed by atoms with Crippen LogP contribution in [0.3, 0.4) is 0 Å². The molecule has 0 amide bonds. The predicted molar refractivity (Wildman–Crippen MR) is 133 cm³/mol. The Morgan fingerprint density at radius 2 is 2.08 bits per heavy atom. The number of rotatable bonds is 11. The molecule has 36 heavy (non-hydrogen) atoms. The van der Waals surface area contributed by atoms with E-state index in [2.05, 4.69) is 10.3 Å². The summed E-state index contributed by atoms with van der Waals surface area (Å²) in [4.78, 5) is 17.4. The summed E-state index contributed by atoms with van der Waals surface area (Å²) in [5.74, 6) is -0.936. The van der Waals surface area contributed by atoms with Gasteiger partial charge in [0.05, 0.1) is 34.9 Å². The van der Waals surface area contributed by atoms with Crippen molar-refractivity contribution in [3.05, 3.63) is 70.3 Å². The number of nitrogens with one attached hydrogen (secondary N) is 1. The van der Waals surface area contributed by atoms with Crippen LogP contribution in [-0.4, -0.2) is 22.7 Å². The number of aliphatic carboxylic acids is 1. The molecular weight excluding hydrogens is 513 g/mol. The quantitative estimate of drug-likeness (QED) is 0.190. The number of halogens is 3. The Balaban J connectivity index is 1.44. The fraction of sp³-hybridized carbons (Fsp3) is 0.280. The number of aryl methyl sites for hydroxylation is 1. The molecule has 3 heterocycles. The van der Waals surface area contributed by atoms with Gasteiger partial charge in [-0.15, -0.1) is 22.7 Å². The molecule has 190 valence electrons. The first kappa shape index (κ1) is 25.8. The Kier molecular flexibility index (Phi) is 8.00. The van der Waals surface area contributed by atoms with Gasteiger partial charge in [-0.1, -0.05) is 6.92 Å². The van der Waals surface area contributed by atoms with Crippen LogP contribution in [0.4, 0.5) is 24.0 Å². The van der Waals surface area contributed by atoms with Crippen molar-refractivity contribution in [3.63, 3.8) is 0 Å². The molecule has 1 aromatic carbocycles. The van der Waals surface area contributed by atoms with Crippen molar-refractivity contribution in [2.75, 3.05) is 11.9 Å². The van der Waals surface area contributed by atoms with Gasteiger partial charge >= 0.3 is 12.1 Å². The molecule has 0 fully saturated rings. The number of ether oxygens (including phenoxy) is 1.